The molecule has 1 aliphatic rings. The van der Waals surface area contributed by atoms with Crippen LogP contribution in [0.3, 0.4) is 0 Å². The van der Waals surface area contributed by atoms with Gasteiger partial charge in [0.15, 0.2) is 0 Å². The van der Waals surface area contributed by atoms with Gasteiger partial charge in [-0.15, -0.1) is 0 Å². The highest BCUT2D eigenvalue weighted by atomic mass is 16.5. The summed E-state index contributed by atoms with van der Waals surface area (Å²) in [4.78, 5) is 16.5. The van der Waals surface area contributed by atoms with E-state index >= 15 is 0 Å². The maximum atomic E-state index is 12.6. The number of benzene rings is 1. The van der Waals surface area contributed by atoms with Crippen LogP contribution in [0.25, 0.3) is 5.69 Å². The zero-order valence-electron chi connectivity index (χ0n) is 11.7. The summed E-state index contributed by atoms with van der Waals surface area (Å²) in [5.41, 5.74) is 6.67. The average molecular weight is 287 g/mol. The second-order valence-electron chi connectivity index (χ2n) is 5.35. The fourth-order valence-corrected chi connectivity index (χ4v) is 2.30. The summed E-state index contributed by atoms with van der Waals surface area (Å²) in [6.07, 6.45) is 3.03. The molecule has 1 aromatic heterocycles. The predicted molar refractivity (Wildman–Crippen MR) is 76.9 cm³/mol. The monoisotopic (exact) mass is 287 g/mol. The molecule has 1 aromatic carbocycles. The van der Waals surface area contributed by atoms with Crippen LogP contribution in [0.2, 0.25) is 0 Å². The lowest BCUT2D eigenvalue weighted by Crippen LogP contribution is -2.47. The maximum Gasteiger partial charge on any atom is 0.234 e. The Labute approximate surface area is 122 Å². The molecule has 0 saturated carbocycles. The van der Waals surface area contributed by atoms with Gasteiger partial charge in [-0.2, -0.15) is 5.10 Å². The van der Waals surface area contributed by atoms with Gasteiger partial charge in [0.1, 0.15) is 12.7 Å². The van der Waals surface area contributed by atoms with E-state index in [9.17, 15) is 4.79 Å². The van der Waals surface area contributed by atoms with Crippen molar-refractivity contribution in [2.45, 2.75) is 13.0 Å². The number of nitrogens with zero attached hydrogens (tertiary/aromatic N) is 3. The number of nitrogens with one attached hydrogen (secondary N) is 1. The maximum absolute atomic E-state index is 12.6. The normalized spacial score (nSPS) is 25.0. The first-order valence-electron chi connectivity index (χ1n) is 6.70. The van der Waals surface area contributed by atoms with Gasteiger partial charge in [-0.1, -0.05) is 12.1 Å². The Kier molecular flexibility index (Phi) is 3.44. The largest absolute Gasteiger partial charge is 0.379 e. The summed E-state index contributed by atoms with van der Waals surface area (Å²) < 4.78 is 6.92. The highest BCUT2D eigenvalue weighted by Gasteiger charge is 2.44. The Morgan fingerprint density at radius 3 is 3.00 bits per heavy atom. The summed E-state index contributed by atoms with van der Waals surface area (Å²) in [5.74, 6) is -0.153. The summed E-state index contributed by atoms with van der Waals surface area (Å²) >= 11 is 0. The minimum Gasteiger partial charge on any atom is -0.379 e. The topological polar surface area (TPSA) is 95.1 Å². The standard InChI is InChI=1S/C14H17N5O2/c1-14(7-21-6-12(14)15)13(20)18-10-4-2-3-5-11(10)19-9-16-8-17-19/h2-5,8-9,12H,6-7,15H2,1H3,(H,18,20). The third-order valence-electron chi connectivity index (χ3n) is 3.85. The van der Waals surface area contributed by atoms with E-state index in [1.54, 1.807) is 11.0 Å². The number of amides is 1. The number of carbonyl (C=O) groups is 1. The number of para-hydroxylation sites is 2. The van der Waals surface area contributed by atoms with E-state index in [0.717, 1.165) is 5.69 Å². The van der Waals surface area contributed by atoms with Gasteiger partial charge in [0.25, 0.3) is 0 Å². The Balaban J connectivity index is 1.87. The number of nitrogens with two attached hydrogens (primary N) is 1. The van der Waals surface area contributed by atoms with E-state index in [4.69, 9.17) is 10.5 Å². The van der Waals surface area contributed by atoms with Gasteiger partial charge in [0.2, 0.25) is 5.91 Å². The fraction of sp³-hybridized carbons (Fsp3) is 0.357. The molecule has 0 aliphatic carbocycles. The Morgan fingerprint density at radius 2 is 2.33 bits per heavy atom. The van der Waals surface area contributed by atoms with Crippen molar-refractivity contribution in [2.24, 2.45) is 11.1 Å². The van der Waals surface area contributed by atoms with Crippen LogP contribution >= 0.6 is 0 Å². The van der Waals surface area contributed by atoms with Crippen molar-refractivity contribution < 1.29 is 9.53 Å². The third kappa shape index (κ3) is 2.41. The highest BCUT2D eigenvalue weighted by Crippen LogP contribution is 2.29. The van der Waals surface area contributed by atoms with E-state index in [1.807, 2.05) is 31.2 Å². The average Bonchev–Trinajstić information content (AvgIpc) is 3.11. The Bertz CT molecular complexity index is 643. The van der Waals surface area contributed by atoms with Gasteiger partial charge >= 0.3 is 0 Å². The molecule has 1 saturated heterocycles. The van der Waals surface area contributed by atoms with Crippen LogP contribution < -0.4 is 11.1 Å². The lowest BCUT2D eigenvalue weighted by Gasteiger charge is -2.25. The van der Waals surface area contributed by atoms with E-state index in [-0.39, 0.29) is 11.9 Å². The van der Waals surface area contributed by atoms with Crippen molar-refractivity contribution in [3.05, 3.63) is 36.9 Å². The molecule has 110 valence electrons. The molecule has 1 aliphatic heterocycles. The summed E-state index contributed by atoms with van der Waals surface area (Å²) in [7, 11) is 0. The molecule has 2 atom stereocenters. The molecule has 2 heterocycles. The quantitative estimate of drug-likeness (QED) is 0.860. The van der Waals surface area contributed by atoms with Crippen LogP contribution in [0.1, 0.15) is 6.92 Å². The number of carbonyl (C=O) groups excluding carboxylic acids is 1. The molecule has 7 heteroatoms. The number of rotatable bonds is 3. The molecule has 0 spiro atoms. The van der Waals surface area contributed by atoms with Crippen molar-refractivity contribution >= 4 is 11.6 Å². The number of anilines is 1. The van der Waals surface area contributed by atoms with E-state index in [0.29, 0.717) is 18.9 Å². The molecule has 0 radical (unpaired) electrons. The molecule has 3 N–H and O–H groups in total. The van der Waals surface area contributed by atoms with Gasteiger partial charge in [-0.3, -0.25) is 4.79 Å². The van der Waals surface area contributed by atoms with Gasteiger partial charge in [0, 0.05) is 6.04 Å². The molecular weight excluding hydrogens is 270 g/mol. The third-order valence-corrected chi connectivity index (χ3v) is 3.85. The van der Waals surface area contributed by atoms with Crippen LogP contribution in [-0.4, -0.2) is 39.9 Å². The first-order chi connectivity index (χ1) is 10.1. The lowest BCUT2D eigenvalue weighted by molar-refractivity contribution is -0.125. The molecule has 2 unspecified atom stereocenters. The molecule has 0 bridgehead atoms. The SMILES string of the molecule is CC1(C(=O)Nc2ccccc2-n2cncn2)COCC1N. The number of hydrogen-bond donors (Lipinski definition) is 2. The molecule has 1 fully saturated rings. The van der Waals surface area contributed by atoms with E-state index < -0.39 is 5.41 Å². The Hall–Kier alpha value is -2.25. The second kappa shape index (κ2) is 5.27. The van der Waals surface area contributed by atoms with Crippen LogP contribution in [0.5, 0.6) is 0 Å². The Morgan fingerprint density at radius 1 is 1.52 bits per heavy atom. The van der Waals surface area contributed by atoms with Crippen molar-refractivity contribution in [1.82, 2.24) is 14.8 Å². The van der Waals surface area contributed by atoms with Crippen LogP contribution in [-0.2, 0) is 9.53 Å². The van der Waals surface area contributed by atoms with Gasteiger partial charge in [0.05, 0.1) is 30.0 Å². The molecule has 2 aromatic rings. The summed E-state index contributed by atoms with van der Waals surface area (Å²) in [6, 6.07) is 7.09. The number of aromatic nitrogens is 3. The van der Waals surface area contributed by atoms with Crippen LogP contribution in [0.4, 0.5) is 5.69 Å². The number of ether oxygens (including phenoxy) is 1. The zero-order chi connectivity index (χ0) is 14.9. The van der Waals surface area contributed by atoms with Crippen molar-refractivity contribution in [1.29, 1.82) is 0 Å². The van der Waals surface area contributed by atoms with Gasteiger partial charge in [-0.05, 0) is 19.1 Å². The minimum absolute atomic E-state index is 0.153. The van der Waals surface area contributed by atoms with Crippen molar-refractivity contribution in [2.75, 3.05) is 18.5 Å². The molecule has 3 rings (SSSR count). The molecule has 1 amide bonds. The first kappa shape index (κ1) is 13.7. The molecule has 21 heavy (non-hydrogen) atoms. The molecule has 7 nitrogen and oxygen atoms in total. The fourth-order valence-electron chi connectivity index (χ4n) is 2.30. The lowest BCUT2D eigenvalue weighted by atomic mass is 9.85. The smallest absolute Gasteiger partial charge is 0.234 e. The summed E-state index contributed by atoms with van der Waals surface area (Å²) in [6.45, 7) is 2.54. The molecular formula is C14H17N5O2. The summed E-state index contributed by atoms with van der Waals surface area (Å²) in [5, 5.41) is 7.01. The van der Waals surface area contributed by atoms with Gasteiger partial charge in [-0.25, -0.2) is 9.67 Å². The predicted octanol–water partition coefficient (Wildman–Crippen LogP) is 0.570. The number of hydrogen-bond acceptors (Lipinski definition) is 5. The van der Waals surface area contributed by atoms with Crippen LogP contribution in [0.15, 0.2) is 36.9 Å². The van der Waals surface area contributed by atoms with Gasteiger partial charge < -0.3 is 15.8 Å². The highest BCUT2D eigenvalue weighted by molar-refractivity contribution is 5.97. The zero-order valence-corrected chi connectivity index (χ0v) is 11.7. The van der Waals surface area contributed by atoms with Crippen molar-refractivity contribution in [3.63, 3.8) is 0 Å². The van der Waals surface area contributed by atoms with Crippen molar-refractivity contribution in [3.8, 4) is 5.69 Å². The van der Waals surface area contributed by atoms with E-state index in [1.165, 1.54) is 6.33 Å². The first-order valence-corrected chi connectivity index (χ1v) is 6.70. The second-order valence-corrected chi connectivity index (χ2v) is 5.35. The minimum atomic E-state index is -0.727. The van der Waals surface area contributed by atoms with Crippen LogP contribution in [0, 0.1) is 5.41 Å². The van der Waals surface area contributed by atoms with E-state index in [2.05, 4.69) is 15.4 Å².